The van der Waals surface area contributed by atoms with E-state index in [1.54, 1.807) is 12.1 Å². The molecule has 0 aliphatic heterocycles. The van der Waals surface area contributed by atoms with Crippen LogP contribution >= 0.6 is 0 Å². The first-order valence-corrected chi connectivity index (χ1v) is 7.99. The molecule has 0 bridgehead atoms. The van der Waals surface area contributed by atoms with Crippen molar-refractivity contribution in [3.8, 4) is 5.75 Å². The van der Waals surface area contributed by atoms with Crippen molar-refractivity contribution in [1.29, 1.82) is 0 Å². The van der Waals surface area contributed by atoms with E-state index < -0.39 is 6.09 Å². The van der Waals surface area contributed by atoms with Crippen molar-refractivity contribution in [1.82, 2.24) is 10.6 Å². The molecule has 0 heterocycles. The lowest BCUT2D eigenvalue weighted by Crippen LogP contribution is -2.25. The number of para-hydroxylation sites is 1. The smallest absolute Gasteiger partial charge is 0.406 e. The number of amides is 2. The number of aromatic hydroxyl groups is 1. The molecule has 0 aliphatic rings. The van der Waals surface area contributed by atoms with E-state index in [0.29, 0.717) is 25.9 Å². The van der Waals surface area contributed by atoms with Crippen molar-refractivity contribution in [2.24, 2.45) is 0 Å². The number of unbranched alkanes of at least 4 members (excludes halogenated alkanes) is 3. The van der Waals surface area contributed by atoms with Crippen molar-refractivity contribution in [3.05, 3.63) is 29.8 Å². The third-order valence-electron chi connectivity index (χ3n) is 3.49. The molecule has 0 fully saturated rings. The van der Waals surface area contributed by atoms with E-state index in [2.05, 4.69) is 15.4 Å². The second-order valence-electron chi connectivity index (χ2n) is 5.31. The normalized spacial score (nSPS) is 10.1. The Bertz CT molecular complexity index is 491. The van der Waals surface area contributed by atoms with Gasteiger partial charge in [0.1, 0.15) is 5.75 Å². The number of alkyl carbamates (subject to hydrolysis) is 1. The van der Waals surface area contributed by atoms with Crippen LogP contribution in [-0.2, 0) is 16.0 Å². The summed E-state index contributed by atoms with van der Waals surface area (Å²) in [6, 6.07) is 7.06. The van der Waals surface area contributed by atoms with Crippen LogP contribution in [0.1, 0.15) is 37.7 Å². The molecule has 0 saturated carbocycles. The summed E-state index contributed by atoms with van der Waals surface area (Å²) in [4.78, 5) is 22.5. The van der Waals surface area contributed by atoms with Crippen molar-refractivity contribution in [2.45, 2.75) is 38.5 Å². The van der Waals surface area contributed by atoms with Gasteiger partial charge in [0.05, 0.1) is 7.11 Å². The first kappa shape index (κ1) is 18.8. The Morgan fingerprint density at radius 2 is 1.70 bits per heavy atom. The first-order chi connectivity index (χ1) is 11.1. The minimum absolute atomic E-state index is 0.000566. The molecular formula is C17H26N2O4. The van der Waals surface area contributed by atoms with Gasteiger partial charge >= 0.3 is 6.09 Å². The van der Waals surface area contributed by atoms with Crippen LogP contribution in [0.5, 0.6) is 5.75 Å². The summed E-state index contributed by atoms with van der Waals surface area (Å²) < 4.78 is 4.47. The molecule has 0 saturated heterocycles. The maximum absolute atomic E-state index is 11.7. The molecule has 128 valence electrons. The Kier molecular flexibility index (Phi) is 9.28. The van der Waals surface area contributed by atoms with Crippen LogP contribution in [0.25, 0.3) is 0 Å². The number of phenolic OH excluding ortho intramolecular Hbond substituents is 1. The van der Waals surface area contributed by atoms with Gasteiger partial charge in [0.2, 0.25) is 5.91 Å². The molecule has 6 nitrogen and oxygen atoms in total. The zero-order valence-electron chi connectivity index (χ0n) is 13.6. The van der Waals surface area contributed by atoms with Gasteiger partial charge in [-0.05, 0) is 30.9 Å². The van der Waals surface area contributed by atoms with Gasteiger partial charge in [0.15, 0.2) is 0 Å². The van der Waals surface area contributed by atoms with Gasteiger partial charge in [-0.15, -0.1) is 0 Å². The quantitative estimate of drug-likeness (QED) is 0.577. The number of hydrogen-bond donors (Lipinski definition) is 3. The number of benzene rings is 1. The number of aryl methyl sites for hydroxylation is 1. The predicted octanol–water partition coefficient (Wildman–Crippen LogP) is 2.36. The monoisotopic (exact) mass is 322 g/mol. The van der Waals surface area contributed by atoms with Crippen LogP contribution in [0.4, 0.5) is 4.79 Å². The van der Waals surface area contributed by atoms with E-state index in [1.165, 1.54) is 7.11 Å². The van der Waals surface area contributed by atoms with E-state index >= 15 is 0 Å². The number of methoxy groups -OCH3 is 1. The molecule has 0 radical (unpaired) electrons. The minimum Gasteiger partial charge on any atom is -0.508 e. The summed E-state index contributed by atoms with van der Waals surface area (Å²) in [6.45, 7) is 1.27. The van der Waals surface area contributed by atoms with E-state index in [4.69, 9.17) is 0 Å². The van der Waals surface area contributed by atoms with Gasteiger partial charge < -0.3 is 20.5 Å². The molecule has 1 rings (SSSR count). The lowest BCUT2D eigenvalue weighted by Gasteiger charge is -2.07. The topological polar surface area (TPSA) is 87.7 Å². The number of phenols is 1. The van der Waals surface area contributed by atoms with Gasteiger partial charge in [-0.2, -0.15) is 0 Å². The largest absolute Gasteiger partial charge is 0.508 e. The number of carbonyl (C=O) groups is 2. The first-order valence-electron chi connectivity index (χ1n) is 7.99. The Labute approximate surface area is 137 Å². The highest BCUT2D eigenvalue weighted by Gasteiger charge is 2.04. The molecule has 0 unspecified atom stereocenters. The third kappa shape index (κ3) is 8.70. The summed E-state index contributed by atoms with van der Waals surface area (Å²) in [5.74, 6) is 0.237. The molecule has 6 heteroatoms. The molecule has 0 aliphatic carbocycles. The second kappa shape index (κ2) is 11.3. The SMILES string of the molecule is COC(=O)NCCCCCCNC(=O)CCc1ccccc1O. The predicted molar refractivity (Wildman–Crippen MR) is 88.3 cm³/mol. The third-order valence-corrected chi connectivity index (χ3v) is 3.49. The van der Waals surface area contributed by atoms with E-state index in [0.717, 1.165) is 31.2 Å². The molecular weight excluding hydrogens is 296 g/mol. The summed E-state index contributed by atoms with van der Waals surface area (Å²) >= 11 is 0. The van der Waals surface area contributed by atoms with Gasteiger partial charge in [-0.3, -0.25) is 4.79 Å². The summed E-state index contributed by atoms with van der Waals surface area (Å²) in [5, 5.41) is 15.1. The average molecular weight is 322 g/mol. The fourth-order valence-corrected chi connectivity index (χ4v) is 2.15. The second-order valence-corrected chi connectivity index (χ2v) is 5.31. The van der Waals surface area contributed by atoms with Gasteiger partial charge in [0, 0.05) is 19.5 Å². The Balaban J connectivity index is 1.98. The standard InChI is InChI=1S/C17H26N2O4/c1-23-17(22)19-13-7-3-2-6-12-18-16(21)11-10-14-8-4-5-9-15(14)20/h4-5,8-9,20H,2-3,6-7,10-13H2,1H3,(H,18,21)(H,19,22). The highest BCUT2D eigenvalue weighted by atomic mass is 16.5. The average Bonchev–Trinajstić information content (AvgIpc) is 2.56. The Morgan fingerprint density at radius 3 is 2.35 bits per heavy atom. The van der Waals surface area contributed by atoms with Crippen molar-refractivity contribution < 1.29 is 19.4 Å². The van der Waals surface area contributed by atoms with E-state index in [9.17, 15) is 14.7 Å². The molecule has 0 atom stereocenters. The minimum atomic E-state index is -0.401. The maximum atomic E-state index is 11.7. The highest BCUT2D eigenvalue weighted by molar-refractivity contribution is 5.76. The van der Waals surface area contributed by atoms with Crippen LogP contribution in [-0.4, -0.2) is 37.3 Å². The number of hydrogen-bond acceptors (Lipinski definition) is 4. The van der Waals surface area contributed by atoms with Crippen molar-refractivity contribution in [2.75, 3.05) is 20.2 Å². The summed E-state index contributed by atoms with van der Waals surface area (Å²) in [7, 11) is 1.34. The Morgan fingerprint density at radius 1 is 1.04 bits per heavy atom. The van der Waals surface area contributed by atoms with Crippen LogP contribution in [0, 0.1) is 0 Å². The summed E-state index contributed by atoms with van der Waals surface area (Å²) in [5.41, 5.74) is 0.792. The van der Waals surface area contributed by atoms with Crippen LogP contribution in [0.3, 0.4) is 0 Å². The molecule has 2 amide bonds. The number of ether oxygens (including phenoxy) is 1. The summed E-state index contributed by atoms with van der Waals surface area (Å²) in [6.07, 6.45) is 4.33. The highest BCUT2D eigenvalue weighted by Crippen LogP contribution is 2.16. The fraction of sp³-hybridized carbons (Fsp3) is 0.529. The zero-order chi connectivity index (χ0) is 16.9. The van der Waals surface area contributed by atoms with Crippen molar-refractivity contribution >= 4 is 12.0 Å². The van der Waals surface area contributed by atoms with Crippen LogP contribution < -0.4 is 10.6 Å². The molecule has 0 aromatic heterocycles. The maximum Gasteiger partial charge on any atom is 0.406 e. The number of nitrogens with one attached hydrogen (secondary N) is 2. The molecule has 1 aromatic rings. The van der Waals surface area contributed by atoms with Crippen LogP contribution in [0.15, 0.2) is 24.3 Å². The molecule has 0 spiro atoms. The number of carbonyl (C=O) groups excluding carboxylic acids is 2. The van der Waals surface area contributed by atoms with Gasteiger partial charge in [-0.1, -0.05) is 31.0 Å². The van der Waals surface area contributed by atoms with E-state index in [-0.39, 0.29) is 11.7 Å². The fourth-order valence-electron chi connectivity index (χ4n) is 2.15. The van der Waals surface area contributed by atoms with Crippen molar-refractivity contribution in [3.63, 3.8) is 0 Å². The molecule has 3 N–H and O–H groups in total. The lowest BCUT2D eigenvalue weighted by molar-refractivity contribution is -0.121. The van der Waals surface area contributed by atoms with E-state index in [1.807, 2.05) is 12.1 Å². The number of rotatable bonds is 10. The van der Waals surface area contributed by atoms with Gasteiger partial charge in [-0.25, -0.2) is 4.79 Å². The Hall–Kier alpha value is -2.24. The molecule has 23 heavy (non-hydrogen) atoms. The lowest BCUT2D eigenvalue weighted by atomic mass is 10.1. The zero-order valence-corrected chi connectivity index (χ0v) is 13.6. The molecule has 1 aromatic carbocycles. The van der Waals surface area contributed by atoms with Gasteiger partial charge in [0.25, 0.3) is 0 Å². The van der Waals surface area contributed by atoms with Crippen LogP contribution in [0.2, 0.25) is 0 Å².